The molecule has 0 spiro atoms. The summed E-state index contributed by atoms with van der Waals surface area (Å²) in [6.45, 7) is 4.86. The van der Waals surface area contributed by atoms with Crippen LogP contribution in [0.3, 0.4) is 0 Å². The van der Waals surface area contributed by atoms with Crippen LogP contribution in [0, 0.1) is 5.92 Å². The second kappa shape index (κ2) is 19.7. The molecule has 2 N–H and O–H groups in total. The van der Waals surface area contributed by atoms with E-state index < -0.39 is 18.3 Å². The van der Waals surface area contributed by atoms with E-state index in [1.807, 2.05) is 45.9 Å². The van der Waals surface area contributed by atoms with E-state index in [1.165, 1.54) is 26.0 Å². The predicted molar refractivity (Wildman–Crippen MR) is 188 cm³/mol. The van der Waals surface area contributed by atoms with Gasteiger partial charge < -0.3 is 39.0 Å². The van der Waals surface area contributed by atoms with Crippen LogP contribution in [0.4, 0.5) is 0 Å². The molecule has 0 unspecified atom stereocenters. The zero-order chi connectivity index (χ0) is 36.0. The van der Waals surface area contributed by atoms with Gasteiger partial charge in [0.05, 0.1) is 25.2 Å². The van der Waals surface area contributed by atoms with Gasteiger partial charge in [-0.05, 0) is 49.4 Å². The number of aliphatic hydroxyl groups is 2. The summed E-state index contributed by atoms with van der Waals surface area (Å²) in [6, 6.07) is 10.9. The third-order valence-corrected chi connectivity index (χ3v) is 9.38. The maximum Gasteiger partial charge on any atom is 0.248 e. The number of aromatic nitrogens is 4. The summed E-state index contributed by atoms with van der Waals surface area (Å²) in [4.78, 5) is 35.2. The molecular formula is C35H50N6O8S. The van der Waals surface area contributed by atoms with Gasteiger partial charge in [0.15, 0.2) is 11.0 Å². The first-order valence-corrected chi connectivity index (χ1v) is 17.8. The van der Waals surface area contributed by atoms with E-state index in [0.717, 1.165) is 11.3 Å². The Morgan fingerprint density at radius 3 is 2.52 bits per heavy atom. The van der Waals surface area contributed by atoms with Crippen LogP contribution in [0.15, 0.2) is 53.9 Å². The molecule has 1 aliphatic heterocycles. The number of carbonyl (C=O) groups is 2. The highest BCUT2D eigenvalue weighted by Crippen LogP contribution is 2.30. The lowest BCUT2D eigenvalue weighted by molar-refractivity contribution is -0.145. The minimum atomic E-state index is -1.29. The van der Waals surface area contributed by atoms with Crippen molar-refractivity contribution < 1.29 is 38.7 Å². The summed E-state index contributed by atoms with van der Waals surface area (Å²) >= 11 is 1.28. The number of nitrogens with zero attached hydrogens (tertiary/aromatic N) is 6. The van der Waals surface area contributed by atoms with E-state index in [1.54, 1.807) is 24.4 Å². The number of benzene rings is 1. The number of hydrogen-bond donors (Lipinski definition) is 2. The van der Waals surface area contributed by atoms with Gasteiger partial charge in [-0.15, -0.1) is 10.2 Å². The van der Waals surface area contributed by atoms with Gasteiger partial charge >= 0.3 is 0 Å². The number of pyridine rings is 1. The van der Waals surface area contributed by atoms with E-state index in [4.69, 9.17) is 18.9 Å². The van der Waals surface area contributed by atoms with Gasteiger partial charge in [0.2, 0.25) is 11.8 Å². The van der Waals surface area contributed by atoms with Crippen LogP contribution in [0.25, 0.3) is 17.1 Å². The number of hydrogen-bond acceptors (Lipinski definition) is 12. The predicted octanol–water partition coefficient (Wildman–Crippen LogP) is 2.70. The second-order valence-corrected chi connectivity index (χ2v) is 13.5. The quantitative estimate of drug-likeness (QED) is 0.280. The van der Waals surface area contributed by atoms with Crippen LogP contribution in [0.2, 0.25) is 0 Å². The normalized spacial score (nSPS) is 21.2. The van der Waals surface area contributed by atoms with Crippen LogP contribution >= 0.6 is 11.8 Å². The largest absolute Gasteiger partial charge is 0.497 e. The molecule has 274 valence electrons. The third-order valence-electron chi connectivity index (χ3n) is 8.47. The van der Waals surface area contributed by atoms with Crippen LogP contribution in [0.1, 0.15) is 33.1 Å². The number of thioether (sulfide) groups is 1. The minimum Gasteiger partial charge on any atom is -0.497 e. The van der Waals surface area contributed by atoms with Crippen molar-refractivity contribution in [1.82, 2.24) is 29.5 Å². The molecule has 1 aliphatic rings. The Kier molecular flexibility index (Phi) is 15.4. The molecule has 1 saturated heterocycles. The van der Waals surface area contributed by atoms with Crippen molar-refractivity contribution in [1.29, 1.82) is 0 Å². The third kappa shape index (κ3) is 10.7. The number of amides is 2. The van der Waals surface area contributed by atoms with Gasteiger partial charge in [-0.25, -0.2) is 0 Å². The van der Waals surface area contributed by atoms with E-state index in [0.29, 0.717) is 49.1 Å². The van der Waals surface area contributed by atoms with Crippen molar-refractivity contribution in [3.8, 4) is 22.8 Å². The van der Waals surface area contributed by atoms with Gasteiger partial charge in [-0.1, -0.05) is 31.7 Å². The molecule has 0 bridgehead atoms. The Labute approximate surface area is 298 Å². The molecule has 2 amide bonds. The fourth-order valence-electron chi connectivity index (χ4n) is 5.92. The van der Waals surface area contributed by atoms with Crippen molar-refractivity contribution >= 4 is 23.6 Å². The lowest BCUT2D eigenvalue weighted by Crippen LogP contribution is -2.54. The second-order valence-electron chi connectivity index (χ2n) is 12.6. The zero-order valence-corrected chi connectivity index (χ0v) is 30.3. The lowest BCUT2D eigenvalue weighted by atomic mass is 10.00. The Hall–Kier alpha value is -3.60. The van der Waals surface area contributed by atoms with Crippen LogP contribution in [0.5, 0.6) is 5.75 Å². The molecule has 0 saturated carbocycles. The number of methoxy groups -OCH3 is 3. The van der Waals surface area contributed by atoms with E-state index in [-0.39, 0.29) is 55.8 Å². The molecule has 3 heterocycles. The summed E-state index contributed by atoms with van der Waals surface area (Å²) in [7, 11) is 4.47. The van der Waals surface area contributed by atoms with Gasteiger partial charge in [-0.2, -0.15) is 0 Å². The molecular weight excluding hydrogens is 664 g/mol. The highest BCUT2D eigenvalue weighted by atomic mass is 32.2. The Balaban J connectivity index is 1.66. The maximum atomic E-state index is 14.3. The fraction of sp³-hybridized carbons (Fsp3) is 0.571. The van der Waals surface area contributed by atoms with Crippen LogP contribution in [-0.4, -0.2) is 142 Å². The Morgan fingerprint density at radius 1 is 1.04 bits per heavy atom. The van der Waals surface area contributed by atoms with E-state index in [9.17, 15) is 19.8 Å². The Morgan fingerprint density at radius 2 is 1.82 bits per heavy atom. The first-order chi connectivity index (χ1) is 24.2. The van der Waals surface area contributed by atoms with E-state index in [2.05, 4.69) is 29.0 Å². The smallest absolute Gasteiger partial charge is 0.248 e. The number of aliphatic hydroxyl groups excluding tert-OH is 2. The summed E-state index contributed by atoms with van der Waals surface area (Å²) in [5, 5.41) is 31.0. The minimum absolute atomic E-state index is 0.0102. The van der Waals surface area contributed by atoms with Gasteiger partial charge in [0.25, 0.3) is 0 Å². The van der Waals surface area contributed by atoms with Gasteiger partial charge in [-0.3, -0.25) is 19.1 Å². The topological polar surface area (TPSA) is 162 Å². The van der Waals surface area contributed by atoms with Gasteiger partial charge in [0.1, 0.15) is 30.7 Å². The van der Waals surface area contributed by atoms with Crippen LogP contribution < -0.4 is 4.74 Å². The van der Waals surface area contributed by atoms with Crippen molar-refractivity contribution in [3.63, 3.8) is 0 Å². The first-order valence-electron chi connectivity index (χ1n) is 16.8. The Bertz CT molecular complexity index is 1490. The van der Waals surface area contributed by atoms with Crippen molar-refractivity contribution in [2.24, 2.45) is 5.92 Å². The molecule has 15 heteroatoms. The zero-order valence-electron chi connectivity index (χ0n) is 29.5. The van der Waals surface area contributed by atoms with E-state index >= 15 is 0 Å². The molecule has 0 aliphatic carbocycles. The summed E-state index contributed by atoms with van der Waals surface area (Å²) < 4.78 is 23.8. The molecule has 0 radical (unpaired) electrons. The molecule has 4 rings (SSSR count). The fourth-order valence-corrected chi connectivity index (χ4v) is 6.76. The molecule has 4 atom stereocenters. The SMILES string of the molecule is COCC(=O)N1C[C@H](CC(C)C)N(C(=O)CSc2nnc(-c3ccncc3)n2-c2cccc(OC)c2)CCCCOC[C@@H](O)[C@@H](O)[C@H](OC)C1. The average molecular weight is 715 g/mol. The summed E-state index contributed by atoms with van der Waals surface area (Å²) in [6.07, 6.45) is 1.90. The monoisotopic (exact) mass is 714 g/mol. The van der Waals surface area contributed by atoms with Crippen molar-refractivity contribution in [2.75, 3.05) is 66.5 Å². The maximum absolute atomic E-state index is 14.3. The summed E-state index contributed by atoms with van der Waals surface area (Å²) in [5.74, 6) is 1.11. The highest BCUT2D eigenvalue weighted by molar-refractivity contribution is 7.99. The van der Waals surface area contributed by atoms with Gasteiger partial charge in [0, 0.05) is 70.5 Å². The average Bonchev–Trinajstić information content (AvgIpc) is 3.55. The molecule has 2 aromatic heterocycles. The molecule has 1 fully saturated rings. The van der Waals surface area contributed by atoms with Crippen LogP contribution in [-0.2, 0) is 23.8 Å². The summed E-state index contributed by atoms with van der Waals surface area (Å²) in [5.41, 5.74) is 1.59. The standard InChI is InChI=1S/C35H50N6O8S/c1-24(2)17-27-19-39(31(43)22-46-3)20-30(48-5)33(45)29(42)21-49-16-7-6-15-40(27)32(44)23-50-35-38-37-34(25-11-13-36-14-12-25)41(35)26-9-8-10-28(18-26)47-4/h8-14,18,24,27,29-30,33,42,45H,6-7,15-17,19-23H2,1-5H3/t27-,29+,30+,33+/m0/s1. The van der Waals surface area contributed by atoms with Crippen molar-refractivity contribution in [2.45, 2.75) is 62.6 Å². The van der Waals surface area contributed by atoms with Crippen molar-refractivity contribution in [3.05, 3.63) is 48.8 Å². The number of ether oxygens (including phenoxy) is 4. The number of carbonyl (C=O) groups excluding carboxylic acids is 2. The molecule has 14 nitrogen and oxygen atoms in total. The molecule has 50 heavy (non-hydrogen) atoms. The lowest BCUT2D eigenvalue weighted by Gasteiger charge is -2.38. The molecule has 3 aromatic rings. The number of rotatable bonds is 11. The first kappa shape index (κ1) is 39.2. The highest BCUT2D eigenvalue weighted by Gasteiger charge is 2.34. The molecule has 1 aromatic carbocycles.